The molecule has 1 amide bonds. The zero-order valence-electron chi connectivity index (χ0n) is 11.6. The van der Waals surface area contributed by atoms with Crippen molar-refractivity contribution in [3.05, 3.63) is 0 Å². The Labute approximate surface area is 108 Å². The first-order valence-electron chi connectivity index (χ1n) is 6.18. The van der Waals surface area contributed by atoms with Crippen LogP contribution in [0, 0.1) is 0 Å². The fraction of sp³-hybridized carbons (Fsp3) is 0.923. The Morgan fingerprint density at radius 3 is 1.88 bits per heavy atom. The van der Waals surface area contributed by atoms with Gasteiger partial charge in [0.25, 0.3) is 5.91 Å². The number of carbonyl (C=O) groups is 1. The summed E-state index contributed by atoms with van der Waals surface area (Å²) in [7, 11) is 0. The van der Waals surface area contributed by atoms with Crippen LogP contribution in [0.1, 0.15) is 54.4 Å². The van der Waals surface area contributed by atoms with Crippen molar-refractivity contribution in [3.63, 3.8) is 0 Å². The van der Waals surface area contributed by atoms with Crippen LogP contribution in [0.15, 0.2) is 0 Å². The van der Waals surface area contributed by atoms with Crippen molar-refractivity contribution in [2.45, 2.75) is 75.2 Å². The monoisotopic (exact) mass is 257 g/mol. The summed E-state index contributed by atoms with van der Waals surface area (Å²) in [5, 5.41) is 2.96. The van der Waals surface area contributed by atoms with Crippen LogP contribution < -0.4 is 5.32 Å². The van der Waals surface area contributed by atoms with Gasteiger partial charge in [0.05, 0.1) is 0 Å². The molecule has 0 aromatic heterocycles. The standard InChI is InChI=1S/C13H23NO2S/c1-10(2)7-13(8-11(3,4)17-10)9(15)14-12(5,6)16-13/h7-8H2,1-6H3,(H,14,15). The van der Waals surface area contributed by atoms with Crippen LogP contribution in [0.2, 0.25) is 0 Å². The van der Waals surface area contributed by atoms with Crippen LogP contribution in [0.5, 0.6) is 0 Å². The van der Waals surface area contributed by atoms with E-state index in [0.29, 0.717) is 0 Å². The van der Waals surface area contributed by atoms with Gasteiger partial charge in [0.2, 0.25) is 0 Å². The van der Waals surface area contributed by atoms with Crippen LogP contribution >= 0.6 is 11.8 Å². The van der Waals surface area contributed by atoms with Gasteiger partial charge in [0, 0.05) is 9.49 Å². The van der Waals surface area contributed by atoms with Gasteiger partial charge in [-0.3, -0.25) is 4.79 Å². The van der Waals surface area contributed by atoms with E-state index in [-0.39, 0.29) is 15.4 Å². The maximum absolute atomic E-state index is 12.3. The molecule has 17 heavy (non-hydrogen) atoms. The molecular weight excluding hydrogens is 234 g/mol. The van der Waals surface area contributed by atoms with Crippen molar-refractivity contribution in [1.29, 1.82) is 0 Å². The third-order valence-corrected chi connectivity index (χ3v) is 4.65. The summed E-state index contributed by atoms with van der Waals surface area (Å²) in [6.07, 6.45) is 1.56. The topological polar surface area (TPSA) is 38.3 Å². The van der Waals surface area contributed by atoms with Gasteiger partial charge >= 0.3 is 0 Å². The summed E-state index contributed by atoms with van der Waals surface area (Å²) in [6.45, 7) is 12.6. The summed E-state index contributed by atoms with van der Waals surface area (Å²) < 4.78 is 6.22. The SMILES string of the molecule is CC1(C)NC(=O)C2(CC(C)(C)SC(C)(C)C2)O1. The Morgan fingerprint density at radius 2 is 1.53 bits per heavy atom. The average Bonchev–Trinajstić information content (AvgIpc) is 2.11. The van der Waals surface area contributed by atoms with E-state index < -0.39 is 11.3 Å². The van der Waals surface area contributed by atoms with E-state index in [2.05, 4.69) is 33.0 Å². The summed E-state index contributed by atoms with van der Waals surface area (Å²) in [5.74, 6) is 0.0592. The molecule has 2 heterocycles. The molecule has 0 unspecified atom stereocenters. The predicted octanol–water partition coefficient (Wildman–Crippen LogP) is 2.69. The first kappa shape index (κ1) is 13.2. The molecule has 3 nitrogen and oxygen atoms in total. The Kier molecular flexibility index (Phi) is 2.65. The molecule has 98 valence electrons. The van der Waals surface area contributed by atoms with Gasteiger partial charge in [0.1, 0.15) is 5.72 Å². The molecule has 2 aliphatic heterocycles. The second kappa shape index (κ2) is 3.41. The van der Waals surface area contributed by atoms with E-state index in [1.807, 2.05) is 25.6 Å². The number of hydrogen-bond acceptors (Lipinski definition) is 3. The summed E-state index contributed by atoms with van der Waals surface area (Å²) >= 11 is 1.95. The third kappa shape index (κ3) is 2.48. The second-order valence-electron chi connectivity index (χ2n) is 7.04. The number of hydrogen-bond donors (Lipinski definition) is 1. The van der Waals surface area contributed by atoms with E-state index >= 15 is 0 Å². The van der Waals surface area contributed by atoms with Crippen molar-refractivity contribution in [3.8, 4) is 0 Å². The molecule has 0 bridgehead atoms. The van der Waals surface area contributed by atoms with Crippen LogP contribution in [0.3, 0.4) is 0 Å². The minimum Gasteiger partial charge on any atom is -0.340 e. The molecule has 0 aromatic carbocycles. The highest BCUT2D eigenvalue weighted by Gasteiger charge is 2.59. The predicted molar refractivity (Wildman–Crippen MR) is 71.0 cm³/mol. The average molecular weight is 257 g/mol. The van der Waals surface area contributed by atoms with Crippen LogP contribution in [0.25, 0.3) is 0 Å². The van der Waals surface area contributed by atoms with Gasteiger partial charge in [-0.25, -0.2) is 0 Å². The highest BCUT2D eigenvalue weighted by Crippen LogP contribution is 2.54. The first-order valence-corrected chi connectivity index (χ1v) is 7.00. The Balaban J connectivity index is 2.35. The molecule has 0 aromatic rings. The van der Waals surface area contributed by atoms with Crippen molar-refractivity contribution < 1.29 is 9.53 Å². The van der Waals surface area contributed by atoms with E-state index in [1.54, 1.807) is 0 Å². The largest absolute Gasteiger partial charge is 0.340 e. The summed E-state index contributed by atoms with van der Waals surface area (Å²) in [4.78, 5) is 12.3. The molecule has 4 heteroatoms. The van der Waals surface area contributed by atoms with E-state index in [4.69, 9.17) is 4.74 Å². The van der Waals surface area contributed by atoms with Crippen molar-refractivity contribution in [1.82, 2.24) is 5.32 Å². The molecule has 1 N–H and O–H groups in total. The first-order chi connectivity index (χ1) is 7.46. The van der Waals surface area contributed by atoms with Gasteiger partial charge in [-0.1, -0.05) is 27.7 Å². The number of rotatable bonds is 0. The lowest BCUT2D eigenvalue weighted by Gasteiger charge is -2.48. The third-order valence-electron chi connectivity index (χ3n) is 3.25. The quantitative estimate of drug-likeness (QED) is 0.725. The van der Waals surface area contributed by atoms with Crippen LogP contribution in [0.4, 0.5) is 0 Å². The minimum atomic E-state index is -0.637. The minimum absolute atomic E-state index is 0.0592. The lowest BCUT2D eigenvalue weighted by Crippen LogP contribution is -2.53. The van der Waals surface area contributed by atoms with Gasteiger partial charge < -0.3 is 10.1 Å². The maximum atomic E-state index is 12.3. The Morgan fingerprint density at radius 1 is 1.06 bits per heavy atom. The van der Waals surface area contributed by atoms with Gasteiger partial charge in [-0.15, -0.1) is 11.8 Å². The molecule has 2 saturated heterocycles. The summed E-state index contributed by atoms with van der Waals surface area (Å²) in [6, 6.07) is 0. The Hall–Kier alpha value is -0.220. The van der Waals surface area contributed by atoms with Crippen molar-refractivity contribution >= 4 is 17.7 Å². The molecule has 0 atom stereocenters. The zero-order chi connectivity index (χ0) is 13.1. The summed E-state index contributed by atoms with van der Waals surface area (Å²) in [5.41, 5.74) is -1.17. The Bertz CT molecular complexity index is 344. The molecular formula is C13H23NO2S. The van der Waals surface area contributed by atoms with Crippen LogP contribution in [-0.2, 0) is 9.53 Å². The van der Waals surface area contributed by atoms with Crippen molar-refractivity contribution in [2.24, 2.45) is 0 Å². The molecule has 2 fully saturated rings. The number of amides is 1. The zero-order valence-corrected chi connectivity index (χ0v) is 12.5. The van der Waals surface area contributed by atoms with Crippen molar-refractivity contribution in [2.75, 3.05) is 0 Å². The fourth-order valence-corrected chi connectivity index (χ4v) is 5.54. The highest BCUT2D eigenvalue weighted by molar-refractivity contribution is 8.02. The number of thioether (sulfide) groups is 1. The number of ether oxygens (including phenoxy) is 1. The van der Waals surface area contributed by atoms with E-state index in [1.165, 1.54) is 0 Å². The normalized spacial score (nSPS) is 32.5. The number of nitrogens with one attached hydrogen (secondary N) is 1. The molecule has 0 aliphatic carbocycles. The van der Waals surface area contributed by atoms with Gasteiger partial charge in [-0.05, 0) is 26.7 Å². The molecule has 0 saturated carbocycles. The molecule has 2 aliphatic rings. The lowest BCUT2D eigenvalue weighted by atomic mass is 9.82. The molecule has 1 spiro atoms. The van der Waals surface area contributed by atoms with Crippen LogP contribution in [-0.4, -0.2) is 26.7 Å². The van der Waals surface area contributed by atoms with E-state index in [0.717, 1.165) is 12.8 Å². The maximum Gasteiger partial charge on any atom is 0.254 e. The molecule has 2 rings (SSSR count). The fourth-order valence-electron chi connectivity index (χ4n) is 3.44. The van der Waals surface area contributed by atoms with Gasteiger partial charge in [-0.2, -0.15) is 0 Å². The molecule has 0 radical (unpaired) electrons. The van der Waals surface area contributed by atoms with E-state index in [9.17, 15) is 4.79 Å². The highest BCUT2D eigenvalue weighted by atomic mass is 32.2. The number of carbonyl (C=O) groups excluding carboxylic acids is 1. The lowest BCUT2D eigenvalue weighted by molar-refractivity contribution is -0.143. The second-order valence-corrected chi connectivity index (χ2v) is 9.45. The smallest absolute Gasteiger partial charge is 0.254 e. The van der Waals surface area contributed by atoms with Gasteiger partial charge in [0.15, 0.2) is 5.60 Å².